The lowest BCUT2D eigenvalue weighted by molar-refractivity contribution is -0.874. The summed E-state index contributed by atoms with van der Waals surface area (Å²) in [5, 5.41) is 13.7. The molecule has 6 heteroatoms. The Morgan fingerprint density at radius 3 is 2.59 bits per heavy atom. The number of nitrogens with zero attached hydrogens (tertiary/aromatic N) is 3. The average molecular weight is 420 g/mol. The molecule has 2 rings (SSSR count). The summed E-state index contributed by atoms with van der Waals surface area (Å²) in [6.07, 6.45) is 6.28. The number of aromatic nitrogens is 1. The van der Waals surface area contributed by atoms with Crippen LogP contribution in [0.4, 0.5) is 0 Å². The Hall–Kier alpha value is -2.11. The first-order chi connectivity index (χ1) is 13.6. The number of fused-ring (bicyclic) bond motifs is 1. The van der Waals surface area contributed by atoms with E-state index in [0.717, 1.165) is 47.9 Å². The largest absolute Gasteiger partial charge is 0.858 e. The number of hydrogen-bond acceptors (Lipinski definition) is 4. The van der Waals surface area contributed by atoms with Crippen LogP contribution in [0.2, 0.25) is 0 Å². The zero-order valence-corrected chi connectivity index (χ0v) is 18.9. The van der Waals surface area contributed by atoms with Gasteiger partial charge in [-0.15, -0.1) is 12.4 Å². The number of likely N-dealkylation sites (N-methyl/N-ethyl adjacent to an activating group) is 1. The van der Waals surface area contributed by atoms with Gasteiger partial charge in [0.1, 0.15) is 6.54 Å². The maximum atomic E-state index is 12.9. The van der Waals surface area contributed by atoms with Crippen molar-refractivity contribution < 1.29 is 14.3 Å². The molecule has 1 aromatic heterocycles. The fraction of sp³-hybridized carbons (Fsp3) is 0.478. The van der Waals surface area contributed by atoms with E-state index < -0.39 is 0 Å². The standard InChI is InChI=1S/C23H33N3O2.ClH/c1-5-9-17-28-22-18-20(19-12-10-11-13-21(19)25-22)23(27)24-14-16-26(7-3,8-4)15-6-2;/h6,10-13,15,18H,5,7-9,14,16-17H2,1-4H3;1H/b15-6+;. The number of para-hydroxylation sites is 1. The summed E-state index contributed by atoms with van der Waals surface area (Å²) in [6, 6.07) is 9.39. The lowest BCUT2D eigenvalue weighted by Crippen LogP contribution is -2.44. The van der Waals surface area contributed by atoms with Gasteiger partial charge in [-0.3, -0.25) is 9.48 Å². The molecule has 5 nitrogen and oxygen atoms in total. The second-order valence-electron chi connectivity index (χ2n) is 6.97. The summed E-state index contributed by atoms with van der Waals surface area (Å²) in [5.74, 6) is 0.289. The van der Waals surface area contributed by atoms with Crippen molar-refractivity contribution in [3.8, 4) is 5.88 Å². The van der Waals surface area contributed by atoms with Gasteiger partial charge in [-0.2, -0.15) is 0 Å². The lowest BCUT2D eigenvalue weighted by Gasteiger charge is -2.32. The van der Waals surface area contributed by atoms with Gasteiger partial charge in [0.15, 0.2) is 0 Å². The number of pyridine rings is 1. The van der Waals surface area contributed by atoms with Gasteiger partial charge in [-0.25, -0.2) is 4.98 Å². The predicted octanol–water partition coefficient (Wildman–Crippen LogP) is 4.33. The summed E-state index contributed by atoms with van der Waals surface area (Å²) in [7, 11) is 0. The van der Waals surface area contributed by atoms with Crippen molar-refractivity contribution in [1.82, 2.24) is 4.98 Å². The molecule has 160 valence electrons. The minimum absolute atomic E-state index is 0. The molecule has 0 aliphatic heterocycles. The fourth-order valence-electron chi connectivity index (χ4n) is 3.30. The number of allylic oxidation sites excluding steroid dienone is 1. The average Bonchev–Trinajstić information content (AvgIpc) is 2.72. The summed E-state index contributed by atoms with van der Waals surface area (Å²) < 4.78 is 6.58. The van der Waals surface area contributed by atoms with Crippen LogP contribution in [-0.2, 0) is 0 Å². The minimum atomic E-state index is -0.204. The van der Waals surface area contributed by atoms with Crippen LogP contribution in [0.25, 0.3) is 10.9 Å². The SMILES string of the molecule is C/C=C/[N+](CC)(CC)CCN=C([O-])c1cc(OCCCC)nc2ccccc12.Cl. The molecule has 1 aromatic carbocycles. The van der Waals surface area contributed by atoms with E-state index in [1.54, 1.807) is 6.07 Å². The van der Waals surface area contributed by atoms with E-state index in [4.69, 9.17) is 4.74 Å². The van der Waals surface area contributed by atoms with Crippen molar-refractivity contribution in [2.75, 3.05) is 32.8 Å². The third-order valence-electron chi connectivity index (χ3n) is 5.20. The van der Waals surface area contributed by atoms with E-state index in [9.17, 15) is 5.11 Å². The quantitative estimate of drug-likeness (QED) is 0.236. The van der Waals surface area contributed by atoms with E-state index in [0.29, 0.717) is 24.6 Å². The van der Waals surface area contributed by atoms with Gasteiger partial charge in [-0.05, 0) is 50.8 Å². The molecule has 0 aliphatic carbocycles. The van der Waals surface area contributed by atoms with E-state index in [1.165, 1.54) is 0 Å². The number of rotatable bonds is 11. The first kappa shape index (κ1) is 24.9. The summed E-state index contributed by atoms with van der Waals surface area (Å²) in [4.78, 5) is 8.91. The molecule has 2 aromatic rings. The molecular weight excluding hydrogens is 386 g/mol. The van der Waals surface area contributed by atoms with E-state index in [2.05, 4.69) is 43.0 Å². The summed E-state index contributed by atoms with van der Waals surface area (Å²) in [5.41, 5.74) is 1.32. The van der Waals surface area contributed by atoms with Crippen LogP contribution in [-0.4, -0.2) is 48.2 Å². The molecule has 0 atom stereocenters. The van der Waals surface area contributed by atoms with Crippen LogP contribution in [0, 0.1) is 0 Å². The van der Waals surface area contributed by atoms with Gasteiger partial charge in [0.2, 0.25) is 5.88 Å². The number of benzene rings is 1. The van der Waals surface area contributed by atoms with Crippen LogP contribution in [0.5, 0.6) is 5.88 Å². The van der Waals surface area contributed by atoms with Crippen molar-refractivity contribution in [3.05, 3.63) is 48.2 Å². The fourth-order valence-corrected chi connectivity index (χ4v) is 3.30. The van der Waals surface area contributed by atoms with Crippen molar-refractivity contribution in [2.24, 2.45) is 4.99 Å². The molecule has 0 radical (unpaired) electrons. The second-order valence-corrected chi connectivity index (χ2v) is 6.97. The summed E-state index contributed by atoms with van der Waals surface area (Å²) in [6.45, 7) is 12.4. The first-order valence-electron chi connectivity index (χ1n) is 10.3. The smallest absolute Gasteiger partial charge is 0.214 e. The van der Waals surface area contributed by atoms with Crippen LogP contribution in [0.3, 0.4) is 0 Å². The molecular formula is C23H34ClN3O2. The molecule has 0 saturated carbocycles. The highest BCUT2D eigenvalue weighted by Crippen LogP contribution is 2.22. The van der Waals surface area contributed by atoms with Crippen LogP contribution in [0.15, 0.2) is 47.6 Å². The minimum Gasteiger partial charge on any atom is -0.858 e. The molecule has 0 aliphatic rings. The lowest BCUT2D eigenvalue weighted by atomic mass is 10.1. The molecule has 0 N–H and O–H groups in total. The van der Waals surface area contributed by atoms with Gasteiger partial charge in [-0.1, -0.05) is 31.5 Å². The second kappa shape index (κ2) is 12.5. The Balaban J connectivity index is 0.00000420. The Labute approximate surface area is 181 Å². The van der Waals surface area contributed by atoms with Crippen molar-refractivity contribution in [2.45, 2.75) is 40.5 Å². The zero-order valence-electron chi connectivity index (χ0n) is 18.1. The van der Waals surface area contributed by atoms with Gasteiger partial charge in [0.05, 0.1) is 38.0 Å². The molecule has 0 saturated heterocycles. The van der Waals surface area contributed by atoms with Gasteiger partial charge in [0.25, 0.3) is 0 Å². The molecule has 0 fully saturated rings. The third-order valence-corrected chi connectivity index (χ3v) is 5.20. The van der Waals surface area contributed by atoms with Crippen molar-refractivity contribution in [1.29, 1.82) is 0 Å². The van der Waals surface area contributed by atoms with Crippen molar-refractivity contribution >= 4 is 29.2 Å². The molecule has 0 unspecified atom stereocenters. The molecule has 0 amide bonds. The maximum Gasteiger partial charge on any atom is 0.214 e. The number of hydrogen-bond donors (Lipinski definition) is 0. The van der Waals surface area contributed by atoms with Crippen LogP contribution >= 0.6 is 12.4 Å². The van der Waals surface area contributed by atoms with Crippen molar-refractivity contribution in [3.63, 3.8) is 0 Å². The number of unbranched alkanes of at least 4 members (excludes halogenated alkanes) is 1. The number of halogens is 1. The van der Waals surface area contributed by atoms with E-state index >= 15 is 0 Å². The van der Waals surface area contributed by atoms with Gasteiger partial charge < -0.3 is 9.84 Å². The Morgan fingerprint density at radius 1 is 1.21 bits per heavy atom. The zero-order chi connectivity index (χ0) is 20.4. The Bertz CT molecular complexity index is 817. The molecule has 29 heavy (non-hydrogen) atoms. The monoisotopic (exact) mass is 419 g/mol. The highest BCUT2D eigenvalue weighted by Gasteiger charge is 2.18. The van der Waals surface area contributed by atoms with Crippen LogP contribution in [0.1, 0.15) is 46.1 Å². The molecule has 0 bridgehead atoms. The number of quaternary nitrogens is 1. The van der Waals surface area contributed by atoms with E-state index in [1.807, 2.05) is 31.2 Å². The summed E-state index contributed by atoms with van der Waals surface area (Å²) >= 11 is 0. The Morgan fingerprint density at radius 2 is 1.93 bits per heavy atom. The number of ether oxygens (including phenoxy) is 1. The first-order valence-corrected chi connectivity index (χ1v) is 10.3. The molecule has 0 spiro atoms. The topological polar surface area (TPSA) is 57.5 Å². The van der Waals surface area contributed by atoms with Crippen LogP contribution < -0.4 is 9.84 Å². The maximum absolute atomic E-state index is 12.9. The third kappa shape index (κ3) is 6.72. The Kier molecular flexibility index (Phi) is 10.7. The number of aliphatic imine (C=N–C) groups is 1. The van der Waals surface area contributed by atoms with Gasteiger partial charge >= 0.3 is 0 Å². The highest BCUT2D eigenvalue weighted by atomic mass is 35.5. The van der Waals surface area contributed by atoms with Gasteiger partial charge in [0, 0.05) is 11.5 Å². The van der Waals surface area contributed by atoms with E-state index in [-0.39, 0.29) is 18.3 Å². The highest BCUT2D eigenvalue weighted by molar-refractivity contribution is 6.04. The normalized spacial score (nSPS) is 12.3. The predicted molar refractivity (Wildman–Crippen MR) is 122 cm³/mol. The molecule has 1 heterocycles.